The van der Waals surface area contributed by atoms with Crippen LogP contribution in [0.4, 0.5) is 17.1 Å². The number of fused-ring (bicyclic) bond motifs is 8. The summed E-state index contributed by atoms with van der Waals surface area (Å²) in [5.41, 5.74) is 14.4. The van der Waals surface area contributed by atoms with Crippen LogP contribution in [0.1, 0.15) is 0 Å². The van der Waals surface area contributed by atoms with Crippen LogP contribution in [0.3, 0.4) is 0 Å². The number of rotatable bonds is 7. The van der Waals surface area contributed by atoms with Gasteiger partial charge in [-0.25, -0.2) is 0 Å². The molecule has 0 unspecified atom stereocenters. The highest BCUT2D eigenvalue weighted by Gasteiger charge is 2.24. The summed E-state index contributed by atoms with van der Waals surface area (Å²) >= 11 is 1.86. The lowest BCUT2D eigenvalue weighted by molar-refractivity contribution is 0.669. The molecule has 0 aliphatic rings. The average molecular weight is 846 g/mol. The normalized spacial score (nSPS) is 11.7. The second-order valence-electron chi connectivity index (χ2n) is 16.8. The third kappa shape index (κ3) is 6.31. The van der Waals surface area contributed by atoms with Crippen LogP contribution in [0.5, 0.6) is 0 Å². The molecule has 0 saturated heterocycles. The van der Waals surface area contributed by atoms with E-state index in [4.69, 9.17) is 4.42 Å². The SMILES string of the molecule is c1ccc(-c2cccc3cc(N(c4ccccc4-c4ccc5sc6ccccc6c5c4)c4cccc(-c5ccc6oc7ccccc7c6c5)c4-c4ccc5ccccc5c4)ccc23)cc1. The number of hydrogen-bond acceptors (Lipinski definition) is 3. The number of para-hydroxylation sites is 2. The van der Waals surface area contributed by atoms with E-state index < -0.39 is 0 Å². The van der Waals surface area contributed by atoms with Gasteiger partial charge in [0.05, 0.1) is 11.4 Å². The first kappa shape index (κ1) is 37.3. The fraction of sp³-hybridized carbons (Fsp3) is 0. The Morgan fingerprint density at radius 2 is 0.954 bits per heavy atom. The van der Waals surface area contributed by atoms with E-state index >= 15 is 0 Å². The van der Waals surface area contributed by atoms with Crippen LogP contribution >= 0.6 is 11.3 Å². The minimum absolute atomic E-state index is 0.885. The lowest BCUT2D eigenvalue weighted by Crippen LogP contribution is -2.13. The average Bonchev–Trinajstić information content (AvgIpc) is 3.94. The molecule has 13 aromatic rings. The molecule has 0 atom stereocenters. The molecule has 0 aliphatic carbocycles. The Kier molecular flexibility index (Phi) is 8.75. The highest BCUT2D eigenvalue weighted by molar-refractivity contribution is 7.25. The number of anilines is 3. The summed E-state index contributed by atoms with van der Waals surface area (Å²) in [5.74, 6) is 0. The van der Waals surface area contributed by atoms with Crippen molar-refractivity contribution in [2.45, 2.75) is 0 Å². The Morgan fingerprint density at radius 1 is 0.308 bits per heavy atom. The lowest BCUT2D eigenvalue weighted by Gasteiger charge is -2.31. The predicted octanol–water partition coefficient (Wildman–Crippen LogP) is 18.4. The first-order chi connectivity index (χ1) is 32.2. The summed E-state index contributed by atoms with van der Waals surface area (Å²) in [6.07, 6.45) is 0. The molecule has 0 aliphatic heterocycles. The summed E-state index contributed by atoms with van der Waals surface area (Å²) in [4.78, 5) is 2.50. The van der Waals surface area contributed by atoms with Crippen molar-refractivity contribution in [3.05, 3.63) is 237 Å². The molecule has 0 amide bonds. The van der Waals surface area contributed by atoms with E-state index in [-0.39, 0.29) is 0 Å². The Labute approximate surface area is 380 Å². The minimum Gasteiger partial charge on any atom is -0.456 e. The van der Waals surface area contributed by atoms with Crippen LogP contribution in [0, 0.1) is 0 Å². The van der Waals surface area contributed by atoms with Crippen molar-refractivity contribution >= 4 is 92.1 Å². The van der Waals surface area contributed by atoms with Gasteiger partial charge in [-0.1, -0.05) is 170 Å². The predicted molar refractivity (Wildman–Crippen MR) is 278 cm³/mol. The van der Waals surface area contributed by atoms with Gasteiger partial charge in [-0.3, -0.25) is 0 Å². The number of hydrogen-bond donors (Lipinski definition) is 0. The summed E-state index contributed by atoms with van der Waals surface area (Å²) in [6.45, 7) is 0. The molecule has 2 aromatic heterocycles. The standard InChI is InChI=1S/C62H39NOS/c1-2-15-41(16-3-1)48-22-12-18-43-37-47(32-33-49(43)48)63(56-24-9-6-19-50(56)44-31-35-61-55(39-44)53-21-8-11-27-60(53)65-61)57-25-13-23-51(62(57)46-29-28-40-14-4-5-17-42(40)36-46)45-30-34-59-54(38-45)52-20-7-10-26-58(52)64-59/h1-39H. The zero-order valence-corrected chi connectivity index (χ0v) is 36.1. The molecule has 13 rings (SSSR count). The van der Waals surface area contributed by atoms with Gasteiger partial charge < -0.3 is 9.32 Å². The molecule has 2 heterocycles. The van der Waals surface area contributed by atoms with Gasteiger partial charge in [0.1, 0.15) is 11.2 Å². The highest BCUT2D eigenvalue weighted by Crippen LogP contribution is 2.50. The van der Waals surface area contributed by atoms with Gasteiger partial charge in [0, 0.05) is 47.8 Å². The van der Waals surface area contributed by atoms with Crippen molar-refractivity contribution in [2.75, 3.05) is 4.90 Å². The van der Waals surface area contributed by atoms with Gasteiger partial charge >= 0.3 is 0 Å². The minimum atomic E-state index is 0.885. The molecular weight excluding hydrogens is 807 g/mol. The van der Waals surface area contributed by atoms with E-state index in [1.165, 1.54) is 58.4 Å². The van der Waals surface area contributed by atoms with E-state index in [2.05, 4.69) is 235 Å². The summed E-state index contributed by atoms with van der Waals surface area (Å²) in [6, 6.07) is 86.4. The van der Waals surface area contributed by atoms with Crippen LogP contribution < -0.4 is 4.90 Å². The summed E-state index contributed by atoms with van der Waals surface area (Å²) in [7, 11) is 0. The molecule has 11 aromatic carbocycles. The fourth-order valence-corrected chi connectivity index (χ4v) is 11.1. The smallest absolute Gasteiger partial charge is 0.135 e. The molecule has 0 radical (unpaired) electrons. The van der Waals surface area contributed by atoms with Crippen LogP contribution in [0.25, 0.3) is 108 Å². The molecule has 2 nitrogen and oxygen atoms in total. The van der Waals surface area contributed by atoms with E-state index in [0.29, 0.717) is 0 Å². The molecule has 65 heavy (non-hydrogen) atoms. The van der Waals surface area contributed by atoms with Crippen LogP contribution in [0.15, 0.2) is 241 Å². The number of furan rings is 1. The van der Waals surface area contributed by atoms with Crippen molar-refractivity contribution in [3.8, 4) is 44.5 Å². The number of nitrogens with zero attached hydrogens (tertiary/aromatic N) is 1. The van der Waals surface area contributed by atoms with Gasteiger partial charge in [-0.05, 0) is 122 Å². The number of benzene rings is 11. The zero-order valence-electron chi connectivity index (χ0n) is 35.3. The van der Waals surface area contributed by atoms with Crippen molar-refractivity contribution in [3.63, 3.8) is 0 Å². The van der Waals surface area contributed by atoms with Gasteiger partial charge in [0.2, 0.25) is 0 Å². The number of thiophene rings is 1. The lowest BCUT2D eigenvalue weighted by atomic mass is 9.90. The maximum absolute atomic E-state index is 6.35. The third-order valence-corrected chi connectivity index (χ3v) is 14.2. The summed E-state index contributed by atoms with van der Waals surface area (Å²) in [5, 5.41) is 9.60. The monoisotopic (exact) mass is 845 g/mol. The molecule has 0 fully saturated rings. The van der Waals surface area contributed by atoms with E-state index in [1.807, 2.05) is 17.4 Å². The topological polar surface area (TPSA) is 16.4 Å². The maximum Gasteiger partial charge on any atom is 0.135 e. The Hall–Kier alpha value is -8.24. The third-order valence-electron chi connectivity index (χ3n) is 13.0. The van der Waals surface area contributed by atoms with Crippen LogP contribution in [-0.4, -0.2) is 0 Å². The van der Waals surface area contributed by atoms with Crippen molar-refractivity contribution in [1.82, 2.24) is 0 Å². The largest absolute Gasteiger partial charge is 0.456 e. The van der Waals surface area contributed by atoms with Crippen LogP contribution in [-0.2, 0) is 0 Å². The maximum atomic E-state index is 6.35. The Bertz CT molecular complexity index is 3970. The first-order valence-electron chi connectivity index (χ1n) is 22.1. The van der Waals surface area contributed by atoms with Crippen molar-refractivity contribution in [2.24, 2.45) is 0 Å². The van der Waals surface area contributed by atoms with Crippen molar-refractivity contribution in [1.29, 1.82) is 0 Å². The van der Waals surface area contributed by atoms with Gasteiger partial charge in [0.15, 0.2) is 0 Å². The summed E-state index contributed by atoms with van der Waals surface area (Å²) < 4.78 is 8.95. The fourth-order valence-electron chi connectivity index (χ4n) is 10.0. The Balaban J connectivity index is 1.10. The Morgan fingerprint density at radius 3 is 1.89 bits per heavy atom. The molecule has 0 N–H and O–H groups in total. The highest BCUT2D eigenvalue weighted by atomic mass is 32.1. The zero-order chi connectivity index (χ0) is 42.8. The molecular formula is C62H39NOS. The van der Waals surface area contributed by atoms with Crippen molar-refractivity contribution < 1.29 is 4.42 Å². The van der Waals surface area contributed by atoms with Gasteiger partial charge in [-0.15, -0.1) is 11.3 Å². The molecule has 0 spiro atoms. The molecule has 3 heteroatoms. The molecule has 0 bridgehead atoms. The quantitative estimate of drug-likeness (QED) is 0.159. The first-order valence-corrected chi connectivity index (χ1v) is 23.0. The van der Waals surface area contributed by atoms with E-state index in [0.717, 1.165) is 66.8 Å². The van der Waals surface area contributed by atoms with Gasteiger partial charge in [-0.2, -0.15) is 0 Å². The molecule has 304 valence electrons. The molecule has 0 saturated carbocycles. The van der Waals surface area contributed by atoms with E-state index in [9.17, 15) is 0 Å². The second kappa shape index (κ2) is 15.2. The van der Waals surface area contributed by atoms with E-state index in [1.54, 1.807) is 0 Å². The van der Waals surface area contributed by atoms with Gasteiger partial charge in [0.25, 0.3) is 0 Å². The second-order valence-corrected chi connectivity index (χ2v) is 17.9. The van der Waals surface area contributed by atoms with Crippen LogP contribution in [0.2, 0.25) is 0 Å².